The highest BCUT2D eigenvalue weighted by molar-refractivity contribution is 8.00. The van der Waals surface area contributed by atoms with E-state index in [4.69, 9.17) is 4.74 Å². The van der Waals surface area contributed by atoms with Crippen LogP contribution in [0.15, 0.2) is 53.7 Å². The van der Waals surface area contributed by atoms with E-state index in [9.17, 15) is 4.79 Å². The SMILES string of the molecule is CCCc1nnc2n1N[C@@H](c1ccc(CC)cc1)[C@@H](C(=O)Nc1ccc(OC)cc1)S2. The number of thioether (sulfide) groups is 1. The lowest BCUT2D eigenvalue weighted by Crippen LogP contribution is -2.41. The molecule has 1 aliphatic rings. The molecule has 2 atom stereocenters. The number of carbonyl (C=O) groups excluding carboxylic acids is 1. The zero-order valence-electron chi connectivity index (χ0n) is 18.0. The van der Waals surface area contributed by atoms with Crippen LogP contribution in [-0.2, 0) is 17.6 Å². The highest BCUT2D eigenvalue weighted by Gasteiger charge is 2.37. The van der Waals surface area contributed by atoms with Crippen molar-refractivity contribution >= 4 is 23.4 Å². The van der Waals surface area contributed by atoms with Gasteiger partial charge in [0.15, 0.2) is 5.82 Å². The molecule has 31 heavy (non-hydrogen) atoms. The van der Waals surface area contributed by atoms with Gasteiger partial charge in [0.1, 0.15) is 11.0 Å². The van der Waals surface area contributed by atoms with Gasteiger partial charge >= 0.3 is 0 Å². The van der Waals surface area contributed by atoms with Gasteiger partial charge in [-0.2, -0.15) is 0 Å². The normalized spacial score (nSPS) is 17.5. The van der Waals surface area contributed by atoms with Crippen molar-refractivity contribution in [1.29, 1.82) is 0 Å². The number of nitrogens with zero attached hydrogens (tertiary/aromatic N) is 3. The summed E-state index contributed by atoms with van der Waals surface area (Å²) < 4.78 is 7.13. The predicted octanol–water partition coefficient (Wildman–Crippen LogP) is 4.20. The first kappa shape index (κ1) is 21.2. The van der Waals surface area contributed by atoms with Crippen LogP contribution in [0, 0.1) is 0 Å². The van der Waals surface area contributed by atoms with Crippen molar-refractivity contribution in [2.75, 3.05) is 17.9 Å². The number of amides is 1. The van der Waals surface area contributed by atoms with Gasteiger partial charge in [0.2, 0.25) is 11.1 Å². The number of benzene rings is 2. The van der Waals surface area contributed by atoms with Gasteiger partial charge in [0, 0.05) is 12.1 Å². The molecule has 0 saturated carbocycles. The van der Waals surface area contributed by atoms with Crippen molar-refractivity contribution in [3.63, 3.8) is 0 Å². The Hall–Kier alpha value is -3.00. The van der Waals surface area contributed by atoms with Crippen LogP contribution in [0.4, 0.5) is 5.69 Å². The van der Waals surface area contributed by atoms with Crippen LogP contribution in [0.3, 0.4) is 0 Å². The van der Waals surface area contributed by atoms with Crippen molar-refractivity contribution < 1.29 is 9.53 Å². The van der Waals surface area contributed by atoms with Crippen LogP contribution >= 0.6 is 11.8 Å². The zero-order chi connectivity index (χ0) is 21.8. The third-order valence-electron chi connectivity index (χ3n) is 5.34. The third-order valence-corrected chi connectivity index (χ3v) is 6.56. The minimum atomic E-state index is -0.402. The van der Waals surface area contributed by atoms with Gasteiger partial charge in [-0.05, 0) is 48.2 Å². The molecular weight excluding hydrogens is 410 g/mol. The summed E-state index contributed by atoms with van der Waals surface area (Å²) in [5.41, 5.74) is 6.56. The van der Waals surface area contributed by atoms with Gasteiger partial charge in [-0.25, -0.2) is 4.68 Å². The first-order valence-electron chi connectivity index (χ1n) is 10.5. The van der Waals surface area contributed by atoms with Crippen LogP contribution < -0.4 is 15.5 Å². The molecule has 8 heteroatoms. The predicted molar refractivity (Wildman–Crippen MR) is 123 cm³/mol. The minimum Gasteiger partial charge on any atom is -0.497 e. The second kappa shape index (κ2) is 9.43. The Kier molecular flexibility index (Phi) is 6.46. The van der Waals surface area contributed by atoms with E-state index < -0.39 is 5.25 Å². The zero-order valence-corrected chi connectivity index (χ0v) is 18.8. The Morgan fingerprint density at radius 3 is 2.52 bits per heavy atom. The summed E-state index contributed by atoms with van der Waals surface area (Å²) in [6.45, 7) is 4.25. The maximum absolute atomic E-state index is 13.3. The molecule has 2 aromatic carbocycles. The van der Waals surface area contributed by atoms with E-state index in [1.807, 2.05) is 28.9 Å². The number of fused-ring (bicyclic) bond motifs is 1. The van der Waals surface area contributed by atoms with Crippen LogP contribution in [-0.4, -0.2) is 33.1 Å². The fourth-order valence-corrected chi connectivity index (χ4v) is 4.68. The summed E-state index contributed by atoms with van der Waals surface area (Å²) in [5.74, 6) is 1.55. The lowest BCUT2D eigenvalue weighted by Gasteiger charge is -2.33. The van der Waals surface area contributed by atoms with Crippen LogP contribution in [0.5, 0.6) is 5.75 Å². The fourth-order valence-electron chi connectivity index (χ4n) is 3.58. The van der Waals surface area contributed by atoms with Gasteiger partial charge in [0.25, 0.3) is 0 Å². The number of hydrogen-bond acceptors (Lipinski definition) is 6. The van der Waals surface area contributed by atoms with Crippen molar-refractivity contribution in [3.05, 3.63) is 65.5 Å². The Morgan fingerprint density at radius 2 is 1.87 bits per heavy atom. The van der Waals surface area contributed by atoms with E-state index in [0.717, 1.165) is 42.1 Å². The van der Waals surface area contributed by atoms with E-state index >= 15 is 0 Å². The summed E-state index contributed by atoms with van der Waals surface area (Å²) >= 11 is 1.44. The molecule has 2 N–H and O–H groups in total. The van der Waals surface area contributed by atoms with Gasteiger partial charge < -0.3 is 15.5 Å². The molecule has 1 amide bonds. The lowest BCUT2D eigenvalue weighted by atomic mass is 10.0. The number of rotatable bonds is 7. The van der Waals surface area contributed by atoms with Gasteiger partial charge in [-0.3, -0.25) is 4.79 Å². The first-order chi connectivity index (χ1) is 15.1. The molecule has 4 rings (SSSR count). The highest BCUT2D eigenvalue weighted by atomic mass is 32.2. The van der Waals surface area contributed by atoms with Gasteiger partial charge in [-0.1, -0.05) is 49.9 Å². The molecule has 3 aromatic rings. The average Bonchev–Trinajstić information content (AvgIpc) is 3.21. The largest absolute Gasteiger partial charge is 0.497 e. The summed E-state index contributed by atoms with van der Waals surface area (Å²) in [4.78, 5) is 13.3. The van der Waals surface area contributed by atoms with E-state index in [2.05, 4.69) is 59.1 Å². The van der Waals surface area contributed by atoms with Crippen LogP contribution in [0.1, 0.15) is 43.3 Å². The molecule has 1 aliphatic heterocycles. The molecule has 0 radical (unpaired) electrons. The smallest absolute Gasteiger partial charge is 0.240 e. The standard InChI is InChI=1S/C23H27N5O2S/c1-4-6-19-25-26-23-28(19)27-20(16-9-7-15(5-2)8-10-16)21(31-23)22(29)24-17-11-13-18(30-3)14-12-17/h7-14,20-21,27H,4-6H2,1-3H3,(H,24,29)/t20-,21-/m0/s1. The van der Waals surface area contributed by atoms with E-state index in [0.29, 0.717) is 5.16 Å². The molecule has 1 aromatic heterocycles. The number of anilines is 1. The number of aromatic nitrogens is 3. The summed E-state index contributed by atoms with van der Waals surface area (Å²) in [6, 6.07) is 15.6. The molecule has 0 aliphatic carbocycles. The van der Waals surface area contributed by atoms with Crippen molar-refractivity contribution in [2.45, 2.75) is 49.6 Å². The second-order valence-corrected chi connectivity index (χ2v) is 8.55. The number of ether oxygens (including phenoxy) is 1. The average molecular weight is 438 g/mol. The van der Waals surface area contributed by atoms with Gasteiger partial charge in [-0.15, -0.1) is 10.2 Å². The summed E-state index contributed by atoms with van der Waals surface area (Å²) in [7, 11) is 1.62. The highest BCUT2D eigenvalue weighted by Crippen LogP contribution is 2.38. The van der Waals surface area contributed by atoms with E-state index in [1.165, 1.54) is 17.3 Å². The number of carbonyl (C=O) groups is 1. The second-order valence-electron chi connectivity index (χ2n) is 7.44. The molecule has 162 valence electrons. The molecule has 0 unspecified atom stereocenters. The topological polar surface area (TPSA) is 81.1 Å². The Bertz CT molecular complexity index is 1030. The molecule has 0 spiro atoms. The first-order valence-corrected chi connectivity index (χ1v) is 11.4. The summed E-state index contributed by atoms with van der Waals surface area (Å²) in [5, 5.41) is 12.0. The molecule has 0 fully saturated rings. The molecular formula is C23H27N5O2S. The van der Waals surface area contributed by atoms with Gasteiger partial charge in [0.05, 0.1) is 13.2 Å². The summed E-state index contributed by atoms with van der Waals surface area (Å²) in [6.07, 6.45) is 2.78. The maximum Gasteiger partial charge on any atom is 0.240 e. The van der Waals surface area contributed by atoms with Crippen molar-refractivity contribution in [3.8, 4) is 5.75 Å². The fraction of sp³-hybridized carbons (Fsp3) is 0.348. The van der Waals surface area contributed by atoms with Crippen molar-refractivity contribution in [2.24, 2.45) is 0 Å². The third kappa shape index (κ3) is 4.54. The Morgan fingerprint density at radius 1 is 1.13 bits per heavy atom. The number of aryl methyl sites for hydroxylation is 2. The van der Waals surface area contributed by atoms with Crippen LogP contribution in [0.2, 0.25) is 0 Å². The number of nitrogens with one attached hydrogen (secondary N) is 2. The van der Waals surface area contributed by atoms with E-state index in [1.54, 1.807) is 7.11 Å². The molecule has 0 bridgehead atoms. The Labute approximate surface area is 186 Å². The minimum absolute atomic E-state index is 0.0847. The Balaban J connectivity index is 1.63. The van der Waals surface area contributed by atoms with Crippen LogP contribution in [0.25, 0.3) is 0 Å². The molecule has 2 heterocycles. The number of methoxy groups -OCH3 is 1. The monoisotopic (exact) mass is 437 g/mol. The number of hydrogen-bond donors (Lipinski definition) is 2. The molecule has 0 saturated heterocycles. The quantitative estimate of drug-likeness (QED) is 0.577. The molecule has 7 nitrogen and oxygen atoms in total. The van der Waals surface area contributed by atoms with Crippen molar-refractivity contribution in [1.82, 2.24) is 14.9 Å². The maximum atomic E-state index is 13.3. The van der Waals surface area contributed by atoms with E-state index in [-0.39, 0.29) is 11.9 Å². The lowest BCUT2D eigenvalue weighted by molar-refractivity contribution is -0.116.